The Balaban J connectivity index is 2.22. The van der Waals surface area contributed by atoms with Gasteiger partial charge in [-0.05, 0) is 36.0 Å². The molecule has 0 heterocycles. The molecular formula is C16H24ClNO2. The number of carbonyl (C=O) groups is 1. The average Bonchev–Trinajstić information content (AvgIpc) is 2.37. The van der Waals surface area contributed by atoms with E-state index in [0.29, 0.717) is 13.0 Å². The molecule has 0 aliphatic rings. The van der Waals surface area contributed by atoms with Crippen molar-refractivity contribution >= 4 is 17.5 Å². The molecule has 0 spiro atoms. The topological polar surface area (TPSA) is 49.3 Å². The van der Waals surface area contributed by atoms with Crippen LogP contribution in [0.3, 0.4) is 0 Å². The second-order valence-corrected chi connectivity index (χ2v) is 6.60. The molecule has 1 amide bonds. The van der Waals surface area contributed by atoms with Crippen molar-refractivity contribution in [1.82, 2.24) is 5.32 Å². The Kier molecular flexibility index (Phi) is 6.50. The lowest BCUT2D eigenvalue weighted by molar-refractivity contribution is -0.122. The van der Waals surface area contributed by atoms with Gasteiger partial charge in [0, 0.05) is 18.0 Å². The lowest BCUT2D eigenvalue weighted by Crippen LogP contribution is -2.39. The summed E-state index contributed by atoms with van der Waals surface area (Å²) in [5.74, 6) is -0.0118. The van der Waals surface area contributed by atoms with E-state index in [-0.39, 0.29) is 11.3 Å². The van der Waals surface area contributed by atoms with E-state index in [9.17, 15) is 9.90 Å². The van der Waals surface area contributed by atoms with Gasteiger partial charge in [-0.15, -0.1) is 0 Å². The summed E-state index contributed by atoms with van der Waals surface area (Å²) in [6.45, 7) is 6.16. The van der Waals surface area contributed by atoms with Crippen LogP contribution < -0.4 is 5.32 Å². The summed E-state index contributed by atoms with van der Waals surface area (Å²) < 4.78 is 0. The summed E-state index contributed by atoms with van der Waals surface area (Å²) in [4.78, 5) is 11.7. The molecule has 0 saturated heterocycles. The number of aliphatic hydroxyl groups excluding tert-OH is 1. The Morgan fingerprint density at radius 3 is 2.45 bits per heavy atom. The highest BCUT2D eigenvalue weighted by molar-refractivity contribution is 6.30. The van der Waals surface area contributed by atoms with Gasteiger partial charge in [-0.1, -0.05) is 44.5 Å². The zero-order chi connectivity index (χ0) is 15.2. The van der Waals surface area contributed by atoms with E-state index in [1.54, 1.807) is 0 Å². The van der Waals surface area contributed by atoms with Gasteiger partial charge in [0.05, 0.1) is 6.10 Å². The molecule has 0 aliphatic carbocycles. The lowest BCUT2D eigenvalue weighted by atomic mass is 9.89. The quantitative estimate of drug-likeness (QED) is 0.847. The number of hydrogen-bond donors (Lipinski definition) is 2. The maximum absolute atomic E-state index is 11.7. The molecule has 1 rings (SSSR count). The monoisotopic (exact) mass is 297 g/mol. The first kappa shape index (κ1) is 17.0. The molecular weight excluding hydrogens is 274 g/mol. The van der Waals surface area contributed by atoms with Crippen LogP contribution in [0.25, 0.3) is 0 Å². The molecule has 0 saturated carbocycles. The first-order valence-corrected chi connectivity index (χ1v) is 7.36. The molecule has 0 fully saturated rings. The summed E-state index contributed by atoms with van der Waals surface area (Å²) in [5, 5.41) is 13.3. The van der Waals surface area contributed by atoms with Gasteiger partial charge in [-0.2, -0.15) is 0 Å². The summed E-state index contributed by atoms with van der Waals surface area (Å²) in [6, 6.07) is 7.67. The normalized spacial score (nSPS) is 13.1. The highest BCUT2D eigenvalue weighted by Crippen LogP contribution is 2.18. The summed E-state index contributed by atoms with van der Waals surface area (Å²) in [7, 11) is 0. The van der Waals surface area contributed by atoms with Gasteiger partial charge in [0.2, 0.25) is 5.91 Å². The van der Waals surface area contributed by atoms with Gasteiger partial charge < -0.3 is 10.4 Å². The minimum absolute atomic E-state index is 0.0118. The van der Waals surface area contributed by atoms with E-state index in [4.69, 9.17) is 11.6 Å². The van der Waals surface area contributed by atoms with Crippen LogP contribution in [0, 0.1) is 5.41 Å². The van der Waals surface area contributed by atoms with Gasteiger partial charge in [0.1, 0.15) is 0 Å². The molecule has 112 valence electrons. The highest BCUT2D eigenvalue weighted by atomic mass is 35.5. The summed E-state index contributed by atoms with van der Waals surface area (Å²) in [5.41, 5.74) is 0.966. The van der Waals surface area contributed by atoms with Crippen LogP contribution in [0.15, 0.2) is 24.3 Å². The van der Waals surface area contributed by atoms with E-state index in [1.807, 2.05) is 45.0 Å². The number of rotatable bonds is 6. The van der Waals surface area contributed by atoms with Crippen LogP contribution in [-0.2, 0) is 11.2 Å². The smallest absolute Gasteiger partial charge is 0.220 e. The van der Waals surface area contributed by atoms with Crippen LogP contribution in [0.2, 0.25) is 5.02 Å². The van der Waals surface area contributed by atoms with E-state index in [0.717, 1.165) is 17.9 Å². The second kappa shape index (κ2) is 7.65. The first-order valence-electron chi connectivity index (χ1n) is 6.98. The van der Waals surface area contributed by atoms with Crippen LogP contribution in [-0.4, -0.2) is 23.7 Å². The van der Waals surface area contributed by atoms with Gasteiger partial charge >= 0.3 is 0 Å². The van der Waals surface area contributed by atoms with Gasteiger partial charge in [0.25, 0.3) is 0 Å². The van der Waals surface area contributed by atoms with Crippen LogP contribution in [0.1, 0.15) is 39.2 Å². The molecule has 0 aromatic heterocycles. The molecule has 1 atom stereocenters. The lowest BCUT2D eigenvalue weighted by Gasteiger charge is -2.25. The van der Waals surface area contributed by atoms with Gasteiger partial charge in [-0.3, -0.25) is 4.79 Å². The van der Waals surface area contributed by atoms with E-state index >= 15 is 0 Å². The number of aliphatic hydroxyl groups is 1. The van der Waals surface area contributed by atoms with Crippen LogP contribution in [0.4, 0.5) is 0 Å². The number of aryl methyl sites for hydroxylation is 1. The molecule has 20 heavy (non-hydrogen) atoms. The summed E-state index contributed by atoms with van der Waals surface area (Å²) in [6.07, 6.45) is 1.59. The number of hydrogen-bond acceptors (Lipinski definition) is 2. The third-order valence-electron chi connectivity index (χ3n) is 3.27. The zero-order valence-corrected chi connectivity index (χ0v) is 13.2. The summed E-state index contributed by atoms with van der Waals surface area (Å²) >= 11 is 5.82. The molecule has 0 radical (unpaired) electrons. The molecule has 0 aliphatic heterocycles. The molecule has 3 nitrogen and oxygen atoms in total. The van der Waals surface area contributed by atoms with Crippen molar-refractivity contribution in [2.24, 2.45) is 5.41 Å². The van der Waals surface area contributed by atoms with Crippen LogP contribution in [0.5, 0.6) is 0 Å². The Bertz CT molecular complexity index is 423. The largest absolute Gasteiger partial charge is 0.391 e. The van der Waals surface area contributed by atoms with E-state index in [2.05, 4.69) is 5.32 Å². The fourth-order valence-electron chi connectivity index (χ4n) is 1.71. The van der Waals surface area contributed by atoms with Crippen molar-refractivity contribution in [3.8, 4) is 0 Å². The zero-order valence-electron chi connectivity index (χ0n) is 12.4. The average molecular weight is 298 g/mol. The SMILES string of the molecule is CC(C)(C)C(O)CNC(=O)CCCc1ccc(Cl)cc1. The van der Waals surface area contributed by atoms with Crippen molar-refractivity contribution in [2.75, 3.05) is 6.54 Å². The fourth-order valence-corrected chi connectivity index (χ4v) is 1.84. The predicted molar refractivity (Wildman–Crippen MR) is 82.9 cm³/mol. The van der Waals surface area contributed by atoms with Crippen molar-refractivity contribution in [1.29, 1.82) is 0 Å². The Labute approximate surface area is 126 Å². The number of nitrogens with one attached hydrogen (secondary N) is 1. The van der Waals surface area contributed by atoms with Gasteiger partial charge in [0.15, 0.2) is 0 Å². The minimum Gasteiger partial charge on any atom is -0.391 e. The first-order chi connectivity index (χ1) is 9.29. The molecule has 0 bridgehead atoms. The van der Waals surface area contributed by atoms with Crippen molar-refractivity contribution < 1.29 is 9.90 Å². The molecule has 4 heteroatoms. The van der Waals surface area contributed by atoms with Crippen molar-refractivity contribution in [2.45, 2.75) is 46.1 Å². The Morgan fingerprint density at radius 2 is 1.90 bits per heavy atom. The van der Waals surface area contributed by atoms with Crippen molar-refractivity contribution in [3.05, 3.63) is 34.9 Å². The predicted octanol–water partition coefficient (Wildman–Crippen LogP) is 3.19. The number of amides is 1. The highest BCUT2D eigenvalue weighted by Gasteiger charge is 2.22. The maximum atomic E-state index is 11.7. The third-order valence-corrected chi connectivity index (χ3v) is 3.53. The number of carbonyl (C=O) groups excluding carboxylic acids is 1. The minimum atomic E-state index is -0.525. The molecule has 1 aromatic rings. The van der Waals surface area contributed by atoms with Crippen LogP contribution >= 0.6 is 11.6 Å². The Morgan fingerprint density at radius 1 is 1.30 bits per heavy atom. The Hall–Kier alpha value is -1.06. The standard InChI is InChI=1S/C16H24ClNO2/c1-16(2,3)14(19)11-18-15(20)6-4-5-12-7-9-13(17)10-8-12/h7-10,14,19H,4-6,11H2,1-3H3,(H,18,20). The van der Waals surface area contributed by atoms with Crippen molar-refractivity contribution in [3.63, 3.8) is 0 Å². The molecule has 1 aromatic carbocycles. The van der Waals surface area contributed by atoms with E-state index in [1.165, 1.54) is 5.56 Å². The van der Waals surface area contributed by atoms with E-state index < -0.39 is 6.10 Å². The van der Waals surface area contributed by atoms with Gasteiger partial charge in [-0.25, -0.2) is 0 Å². The number of benzene rings is 1. The third kappa shape index (κ3) is 6.40. The molecule has 2 N–H and O–H groups in total. The second-order valence-electron chi connectivity index (χ2n) is 6.17. The molecule has 1 unspecified atom stereocenters. The maximum Gasteiger partial charge on any atom is 0.220 e. The number of halogens is 1. The fraction of sp³-hybridized carbons (Fsp3) is 0.562.